The van der Waals surface area contributed by atoms with Crippen LogP contribution in [0.4, 0.5) is 20.6 Å². The van der Waals surface area contributed by atoms with Gasteiger partial charge in [0.15, 0.2) is 23.9 Å². The minimum Gasteiger partial charge on any atom is -0.484 e. The third-order valence-corrected chi connectivity index (χ3v) is 5.49. The molecule has 1 atom stereocenters. The number of anilines is 1. The Bertz CT molecular complexity index is 1170. The van der Waals surface area contributed by atoms with E-state index in [1.54, 1.807) is 29.3 Å². The summed E-state index contributed by atoms with van der Waals surface area (Å²) in [5, 5.41) is 8.24. The fraction of sp³-hybridized carbons (Fsp3) is 0.273. The topological polar surface area (TPSA) is 87.8 Å². The number of nitrogens with one attached hydrogen (secondary N) is 1. The van der Waals surface area contributed by atoms with E-state index in [1.807, 2.05) is 6.07 Å². The number of hydrogen-bond donors (Lipinski definition) is 1. The van der Waals surface area contributed by atoms with Gasteiger partial charge < -0.3 is 19.7 Å². The van der Waals surface area contributed by atoms with Gasteiger partial charge in [-0.25, -0.2) is 19.0 Å². The smallest absolute Gasteiger partial charge is 0.341 e. The number of ether oxygens (including phenoxy) is 2. The number of halogens is 1. The number of hydrazone groups is 1. The molecule has 0 bridgehead atoms. The Morgan fingerprint density at radius 2 is 2.16 bits per heavy atom. The van der Waals surface area contributed by atoms with Gasteiger partial charge in [-0.2, -0.15) is 5.10 Å². The Morgan fingerprint density at radius 3 is 2.97 bits per heavy atom. The van der Waals surface area contributed by atoms with E-state index in [4.69, 9.17) is 16.0 Å². The van der Waals surface area contributed by atoms with E-state index in [0.29, 0.717) is 17.8 Å². The van der Waals surface area contributed by atoms with Gasteiger partial charge in [-0.05, 0) is 5.56 Å². The number of rotatable bonds is 3. The fourth-order valence-electron chi connectivity index (χ4n) is 3.84. The summed E-state index contributed by atoms with van der Waals surface area (Å²) in [6.45, 7) is 7.58. The fourth-order valence-corrected chi connectivity index (χ4v) is 3.84. The summed E-state index contributed by atoms with van der Waals surface area (Å²) in [7, 11) is 0. The molecule has 1 fully saturated rings. The third kappa shape index (κ3) is 3.58. The van der Waals surface area contributed by atoms with E-state index in [9.17, 15) is 14.0 Å². The summed E-state index contributed by atoms with van der Waals surface area (Å²) in [4.78, 5) is 29.4. The van der Waals surface area contributed by atoms with Crippen molar-refractivity contribution in [2.75, 3.05) is 25.0 Å². The van der Waals surface area contributed by atoms with Gasteiger partial charge in [-0.1, -0.05) is 24.3 Å². The Morgan fingerprint density at radius 1 is 1.31 bits per heavy atom. The molecule has 0 unspecified atom stereocenters. The lowest BCUT2D eigenvalue weighted by atomic mass is 10.0. The van der Waals surface area contributed by atoms with Crippen molar-refractivity contribution in [1.82, 2.24) is 9.91 Å². The quantitative estimate of drug-likeness (QED) is 0.750. The van der Waals surface area contributed by atoms with Crippen molar-refractivity contribution < 1.29 is 23.5 Å². The minimum atomic E-state index is -0.603. The number of nitrogens with zero attached hydrogens (tertiary/aromatic N) is 4. The molecule has 3 heterocycles. The molecule has 162 valence electrons. The molecule has 0 spiro atoms. The van der Waals surface area contributed by atoms with Gasteiger partial charge in [-0.3, -0.25) is 4.79 Å². The van der Waals surface area contributed by atoms with E-state index in [0.717, 1.165) is 5.56 Å². The van der Waals surface area contributed by atoms with Crippen LogP contribution < -0.4 is 14.8 Å². The molecule has 10 heteroatoms. The van der Waals surface area contributed by atoms with Crippen LogP contribution in [-0.4, -0.2) is 53.9 Å². The van der Waals surface area contributed by atoms with Crippen molar-refractivity contribution in [3.63, 3.8) is 0 Å². The van der Waals surface area contributed by atoms with Gasteiger partial charge >= 0.3 is 6.03 Å². The average Bonchev–Trinajstić information content (AvgIpc) is 3.26. The van der Waals surface area contributed by atoms with Gasteiger partial charge in [0.05, 0.1) is 31.4 Å². The lowest BCUT2D eigenvalue weighted by Gasteiger charge is -2.41. The van der Waals surface area contributed by atoms with Crippen molar-refractivity contribution in [3.8, 4) is 11.5 Å². The first kappa shape index (κ1) is 19.8. The summed E-state index contributed by atoms with van der Waals surface area (Å²) in [6, 6.07) is 9.15. The summed E-state index contributed by atoms with van der Waals surface area (Å²) in [5.74, 6) is -0.688. The molecule has 3 aliphatic heterocycles. The van der Waals surface area contributed by atoms with E-state index >= 15 is 0 Å². The molecular formula is C22H18FN5O4. The lowest BCUT2D eigenvalue weighted by Crippen LogP contribution is -2.58. The highest BCUT2D eigenvalue weighted by Crippen LogP contribution is 2.36. The van der Waals surface area contributed by atoms with E-state index < -0.39 is 5.82 Å². The summed E-state index contributed by atoms with van der Waals surface area (Å²) >= 11 is 0. The first-order chi connectivity index (χ1) is 15.5. The second-order valence-corrected chi connectivity index (χ2v) is 7.64. The van der Waals surface area contributed by atoms with Crippen LogP contribution >= 0.6 is 0 Å². The van der Waals surface area contributed by atoms with Crippen molar-refractivity contribution in [2.24, 2.45) is 5.10 Å². The molecule has 3 aliphatic rings. The van der Waals surface area contributed by atoms with Crippen LogP contribution in [0.5, 0.6) is 11.5 Å². The number of benzene rings is 2. The molecule has 0 radical (unpaired) electrons. The van der Waals surface area contributed by atoms with Crippen LogP contribution in [0.3, 0.4) is 0 Å². The molecule has 2 aromatic carbocycles. The van der Waals surface area contributed by atoms with Crippen LogP contribution in [0, 0.1) is 12.4 Å². The molecule has 0 aromatic heterocycles. The van der Waals surface area contributed by atoms with Gasteiger partial charge in [0, 0.05) is 24.8 Å². The first-order valence-corrected chi connectivity index (χ1v) is 10.0. The maximum Gasteiger partial charge on any atom is 0.341 e. The van der Waals surface area contributed by atoms with Crippen LogP contribution in [0.2, 0.25) is 0 Å². The Balaban J connectivity index is 1.22. The van der Waals surface area contributed by atoms with Gasteiger partial charge in [0.2, 0.25) is 0 Å². The molecular weight excluding hydrogens is 417 g/mol. The third-order valence-electron chi connectivity index (χ3n) is 5.49. The predicted molar refractivity (Wildman–Crippen MR) is 112 cm³/mol. The van der Waals surface area contributed by atoms with E-state index in [2.05, 4.69) is 15.3 Å². The van der Waals surface area contributed by atoms with Gasteiger partial charge in [-0.15, -0.1) is 0 Å². The molecule has 9 nitrogen and oxygen atoms in total. The zero-order chi connectivity index (χ0) is 22.2. The van der Waals surface area contributed by atoms with Crippen LogP contribution in [0.1, 0.15) is 18.0 Å². The van der Waals surface area contributed by atoms with Crippen LogP contribution in [0.15, 0.2) is 41.5 Å². The Hall–Kier alpha value is -4.13. The number of fused-ring (bicyclic) bond motifs is 1. The largest absolute Gasteiger partial charge is 0.484 e. The van der Waals surface area contributed by atoms with Gasteiger partial charge in [0.25, 0.3) is 5.91 Å². The zero-order valence-corrected chi connectivity index (χ0v) is 16.8. The highest BCUT2D eigenvalue weighted by molar-refractivity contribution is 5.95. The van der Waals surface area contributed by atoms with Crippen molar-refractivity contribution in [2.45, 2.75) is 18.6 Å². The highest BCUT2D eigenvalue weighted by atomic mass is 19.1. The number of carbonyl (C=O) groups excluding carboxylic acids is 2. The number of likely N-dealkylation sites (tertiary alicyclic amines) is 1. The van der Waals surface area contributed by atoms with E-state index in [-0.39, 0.29) is 55.3 Å². The Labute approximate surface area is 182 Å². The van der Waals surface area contributed by atoms with Gasteiger partial charge in [0.1, 0.15) is 11.9 Å². The normalized spacial score (nSPS) is 19.5. The molecule has 1 N–H and O–H groups in total. The first-order valence-electron chi connectivity index (χ1n) is 10.0. The van der Waals surface area contributed by atoms with Crippen LogP contribution in [-0.2, 0) is 4.79 Å². The number of hydrogen-bond acceptors (Lipinski definition) is 5. The SMILES string of the molecule is [C-]#[N+]c1cccc([C@@H]2CC=NN2C(=O)N2CC(Oc3cc4c(cc3F)OCC(=O)N4)C2)c1. The molecule has 2 aromatic rings. The van der Waals surface area contributed by atoms with Crippen LogP contribution in [0.25, 0.3) is 4.85 Å². The standard InChI is InChI=1S/C22H18FN5O4/c1-24-14-4-2-3-13(7-14)18-5-6-25-28(18)22(30)27-10-15(11-27)32-19-9-17-20(8-16(19)23)31-12-21(29)26-17/h2-4,6-9,15,18H,5,10-12H2,(H,26,29)/t18-/m0/s1. The highest BCUT2D eigenvalue weighted by Gasteiger charge is 2.39. The summed E-state index contributed by atoms with van der Waals surface area (Å²) in [5.41, 5.74) is 1.70. The molecule has 0 saturated carbocycles. The van der Waals surface area contributed by atoms with Crippen molar-refractivity contribution in [3.05, 3.63) is 59.2 Å². The molecule has 1 saturated heterocycles. The molecule has 3 amide bonds. The zero-order valence-electron chi connectivity index (χ0n) is 16.8. The maximum atomic E-state index is 14.4. The minimum absolute atomic E-state index is 0.0142. The molecule has 0 aliphatic carbocycles. The maximum absolute atomic E-state index is 14.4. The monoisotopic (exact) mass is 435 g/mol. The van der Waals surface area contributed by atoms with Crippen molar-refractivity contribution in [1.29, 1.82) is 0 Å². The lowest BCUT2D eigenvalue weighted by molar-refractivity contribution is -0.118. The predicted octanol–water partition coefficient (Wildman–Crippen LogP) is 3.32. The number of urea groups is 1. The second kappa shape index (κ2) is 7.85. The van der Waals surface area contributed by atoms with E-state index in [1.165, 1.54) is 17.1 Å². The summed E-state index contributed by atoms with van der Waals surface area (Å²) < 4.78 is 25.2. The molecule has 5 rings (SSSR count). The number of amides is 3. The average molecular weight is 435 g/mol. The molecule has 32 heavy (non-hydrogen) atoms. The Kier molecular flexibility index (Phi) is 4.86. The number of carbonyl (C=O) groups is 2. The summed E-state index contributed by atoms with van der Waals surface area (Å²) in [6.07, 6.45) is 1.86. The second-order valence-electron chi connectivity index (χ2n) is 7.64. The van der Waals surface area contributed by atoms with Crippen molar-refractivity contribution >= 4 is 29.5 Å².